The van der Waals surface area contributed by atoms with E-state index >= 15 is 0 Å². The van der Waals surface area contributed by atoms with Crippen LogP contribution in [-0.4, -0.2) is 9.97 Å². The summed E-state index contributed by atoms with van der Waals surface area (Å²) in [7, 11) is 0. The topological polar surface area (TPSA) is 25.8 Å². The van der Waals surface area contributed by atoms with E-state index in [1.165, 1.54) is 21.5 Å². The summed E-state index contributed by atoms with van der Waals surface area (Å²) in [5, 5.41) is 4.94. The zero-order valence-corrected chi connectivity index (χ0v) is 19.6. The molecule has 0 amide bonds. The summed E-state index contributed by atoms with van der Waals surface area (Å²) >= 11 is 3.44. The molecule has 0 spiro atoms. The smallest absolute Gasteiger partial charge is 0.114 e. The van der Waals surface area contributed by atoms with Crippen LogP contribution in [-0.2, 0) is 0 Å². The minimum atomic E-state index is 0.929. The number of nitrogens with zero attached hydrogens (tertiary/aromatic N) is 2. The number of aryl methyl sites for hydroxylation is 3. The van der Waals surface area contributed by atoms with Crippen molar-refractivity contribution in [2.45, 2.75) is 48.5 Å². The van der Waals surface area contributed by atoms with Crippen molar-refractivity contribution < 1.29 is 0 Å². The lowest BCUT2D eigenvalue weighted by molar-refractivity contribution is 1.15. The fraction of sp³-hybridized carbons (Fsp3) is 0.280. The lowest BCUT2D eigenvalue weighted by atomic mass is 10.1. The third-order valence-corrected chi connectivity index (χ3v) is 4.49. The van der Waals surface area contributed by atoms with Gasteiger partial charge >= 0.3 is 0 Å². The molecule has 0 aliphatic carbocycles. The molecule has 2 heterocycles. The van der Waals surface area contributed by atoms with Crippen LogP contribution in [0.1, 0.15) is 44.8 Å². The maximum Gasteiger partial charge on any atom is 0.114 e. The van der Waals surface area contributed by atoms with Crippen molar-refractivity contribution in [1.82, 2.24) is 9.97 Å². The van der Waals surface area contributed by atoms with Crippen LogP contribution in [0.15, 0.2) is 65.3 Å². The number of hydrogen-bond acceptors (Lipinski definition) is 2. The number of benzene rings is 2. The summed E-state index contributed by atoms with van der Waals surface area (Å²) in [6.07, 6.45) is 0. The van der Waals surface area contributed by atoms with Crippen LogP contribution in [0.4, 0.5) is 0 Å². The second-order valence-electron chi connectivity index (χ2n) is 5.85. The van der Waals surface area contributed by atoms with E-state index in [1.54, 1.807) is 0 Å². The van der Waals surface area contributed by atoms with Crippen molar-refractivity contribution in [3.8, 4) is 0 Å². The minimum Gasteiger partial charge on any atom is -0.258 e. The Morgan fingerprint density at radius 1 is 0.607 bits per heavy atom. The first kappa shape index (κ1) is 23.8. The fourth-order valence-electron chi connectivity index (χ4n) is 2.82. The Morgan fingerprint density at radius 2 is 1.04 bits per heavy atom. The summed E-state index contributed by atoms with van der Waals surface area (Å²) in [5.41, 5.74) is 3.25. The Labute approximate surface area is 178 Å². The standard InChI is InChI=1S/C11H11N.C10H8BrN.2C2H6/c1-8-7-10-5-3-4-6-11(10)9(2)12-8;1-7-6-8-4-2-3-5-9(8)10(11)12-7;2*1-2/h3-7H,1-2H3;2-6H,1H3;2*1-2H3. The highest BCUT2D eigenvalue weighted by Crippen LogP contribution is 2.22. The Balaban J connectivity index is 0.000000238. The molecular weight excluding hydrogens is 408 g/mol. The summed E-state index contributed by atoms with van der Waals surface area (Å²) < 4.78 is 0.929. The van der Waals surface area contributed by atoms with E-state index < -0.39 is 0 Å². The van der Waals surface area contributed by atoms with Crippen LogP contribution >= 0.6 is 15.9 Å². The van der Waals surface area contributed by atoms with Crippen LogP contribution in [0.25, 0.3) is 21.5 Å². The van der Waals surface area contributed by atoms with Crippen molar-refractivity contribution in [3.05, 3.63) is 82.3 Å². The maximum absolute atomic E-state index is 4.40. The van der Waals surface area contributed by atoms with Gasteiger partial charge in [0.25, 0.3) is 0 Å². The van der Waals surface area contributed by atoms with E-state index in [0.717, 1.165) is 21.7 Å². The fourth-order valence-corrected chi connectivity index (χ4v) is 3.46. The highest BCUT2D eigenvalue weighted by molar-refractivity contribution is 9.10. The highest BCUT2D eigenvalue weighted by atomic mass is 79.9. The van der Waals surface area contributed by atoms with Gasteiger partial charge in [0.2, 0.25) is 0 Å². The molecule has 28 heavy (non-hydrogen) atoms. The number of rotatable bonds is 0. The summed E-state index contributed by atoms with van der Waals surface area (Å²) in [4.78, 5) is 8.72. The van der Waals surface area contributed by atoms with Crippen LogP contribution in [0, 0.1) is 20.8 Å². The zero-order valence-electron chi connectivity index (χ0n) is 18.0. The molecule has 0 N–H and O–H groups in total. The van der Waals surface area contributed by atoms with E-state index in [-0.39, 0.29) is 0 Å². The number of halogens is 1. The first-order chi connectivity index (χ1) is 13.5. The molecule has 4 aromatic rings. The zero-order chi connectivity index (χ0) is 21.1. The molecule has 2 aromatic heterocycles. The summed E-state index contributed by atoms with van der Waals surface area (Å²) in [6, 6.07) is 20.7. The number of fused-ring (bicyclic) bond motifs is 2. The molecule has 0 saturated heterocycles. The molecule has 148 valence electrons. The quantitative estimate of drug-likeness (QED) is 0.258. The van der Waals surface area contributed by atoms with Crippen molar-refractivity contribution in [1.29, 1.82) is 0 Å². The van der Waals surface area contributed by atoms with Gasteiger partial charge in [0, 0.05) is 27.9 Å². The highest BCUT2D eigenvalue weighted by Gasteiger charge is 1.99. The summed E-state index contributed by atoms with van der Waals surface area (Å²) in [6.45, 7) is 14.1. The van der Waals surface area contributed by atoms with Crippen LogP contribution in [0.2, 0.25) is 0 Å². The van der Waals surface area contributed by atoms with Gasteiger partial charge in [-0.15, -0.1) is 0 Å². The molecule has 3 heteroatoms. The van der Waals surface area contributed by atoms with Gasteiger partial charge in [0.05, 0.1) is 0 Å². The molecule has 0 atom stereocenters. The van der Waals surface area contributed by atoms with Crippen molar-refractivity contribution in [3.63, 3.8) is 0 Å². The largest absolute Gasteiger partial charge is 0.258 e. The molecule has 0 fully saturated rings. The second kappa shape index (κ2) is 12.2. The Morgan fingerprint density at radius 3 is 1.61 bits per heavy atom. The second-order valence-corrected chi connectivity index (χ2v) is 6.60. The van der Waals surface area contributed by atoms with Gasteiger partial charge in [-0.1, -0.05) is 76.2 Å². The van der Waals surface area contributed by atoms with E-state index in [9.17, 15) is 0 Å². The van der Waals surface area contributed by atoms with Gasteiger partial charge in [-0.3, -0.25) is 4.98 Å². The van der Waals surface area contributed by atoms with Gasteiger partial charge in [-0.05, 0) is 59.6 Å². The van der Waals surface area contributed by atoms with Gasteiger partial charge in [-0.25, -0.2) is 4.98 Å². The van der Waals surface area contributed by atoms with E-state index in [4.69, 9.17) is 0 Å². The first-order valence-corrected chi connectivity index (χ1v) is 10.7. The maximum atomic E-state index is 4.40. The SMILES string of the molecule is CC.CC.Cc1cc2ccccc2c(Br)n1.Cc1cc2ccccc2c(C)n1. The molecule has 0 aliphatic rings. The van der Waals surface area contributed by atoms with Gasteiger partial charge in [-0.2, -0.15) is 0 Å². The average molecular weight is 439 g/mol. The van der Waals surface area contributed by atoms with E-state index in [2.05, 4.69) is 75.3 Å². The lowest BCUT2D eigenvalue weighted by Crippen LogP contribution is -1.86. The molecule has 4 rings (SSSR count). The van der Waals surface area contributed by atoms with Crippen LogP contribution in [0.5, 0.6) is 0 Å². The predicted molar refractivity (Wildman–Crippen MR) is 128 cm³/mol. The van der Waals surface area contributed by atoms with Crippen molar-refractivity contribution in [2.24, 2.45) is 0 Å². The van der Waals surface area contributed by atoms with Gasteiger partial charge < -0.3 is 0 Å². The van der Waals surface area contributed by atoms with Crippen molar-refractivity contribution >= 4 is 37.5 Å². The number of hydrogen-bond donors (Lipinski definition) is 0. The molecular formula is C25H31BrN2. The Bertz CT molecular complexity index is 926. The van der Waals surface area contributed by atoms with Crippen LogP contribution in [0.3, 0.4) is 0 Å². The van der Waals surface area contributed by atoms with Gasteiger partial charge in [0.15, 0.2) is 0 Å². The first-order valence-electron chi connectivity index (χ1n) is 9.89. The van der Waals surface area contributed by atoms with Crippen molar-refractivity contribution in [2.75, 3.05) is 0 Å². The third kappa shape index (κ3) is 6.42. The van der Waals surface area contributed by atoms with Gasteiger partial charge in [0.1, 0.15) is 4.60 Å². The third-order valence-electron chi connectivity index (χ3n) is 3.88. The molecule has 0 unspecified atom stereocenters. The Hall–Kier alpha value is -2.26. The number of pyridine rings is 2. The monoisotopic (exact) mass is 438 g/mol. The van der Waals surface area contributed by atoms with E-state index in [0.29, 0.717) is 0 Å². The molecule has 2 aromatic carbocycles. The molecule has 2 nitrogen and oxygen atoms in total. The molecule has 0 aliphatic heterocycles. The molecule has 0 radical (unpaired) electrons. The average Bonchev–Trinajstić information content (AvgIpc) is 2.71. The predicted octanol–water partition coefficient (Wildman–Crippen LogP) is 8.21. The minimum absolute atomic E-state index is 0.929. The normalized spacial score (nSPS) is 9.43. The molecule has 0 saturated carbocycles. The Kier molecular flexibility index (Phi) is 10.4. The number of aromatic nitrogens is 2. The van der Waals surface area contributed by atoms with Crippen LogP contribution < -0.4 is 0 Å². The lowest BCUT2D eigenvalue weighted by Gasteiger charge is -2.01. The molecule has 0 bridgehead atoms. The summed E-state index contributed by atoms with van der Waals surface area (Å²) in [5.74, 6) is 0. The van der Waals surface area contributed by atoms with E-state index in [1.807, 2.05) is 59.7 Å².